The SMILES string of the molecule is CN(C)C(=O)C1c2c(CCOC3CCCCO3)csc2C(O)CN1C(=O)OC(C)(C)C. The first-order valence-electron chi connectivity index (χ1n) is 10.8. The number of hydrogen-bond donors (Lipinski definition) is 1. The van der Waals surface area contributed by atoms with E-state index in [-0.39, 0.29) is 18.7 Å². The number of thiophene rings is 1. The molecule has 3 unspecified atom stereocenters. The molecule has 9 heteroatoms. The average molecular weight is 455 g/mol. The molecule has 31 heavy (non-hydrogen) atoms. The third-order valence-corrected chi connectivity index (χ3v) is 6.46. The summed E-state index contributed by atoms with van der Waals surface area (Å²) in [5.41, 5.74) is 0.893. The lowest BCUT2D eigenvalue weighted by Crippen LogP contribution is -2.49. The second-order valence-electron chi connectivity index (χ2n) is 9.24. The third-order valence-electron chi connectivity index (χ3n) is 5.31. The summed E-state index contributed by atoms with van der Waals surface area (Å²) in [6, 6.07) is -0.838. The minimum atomic E-state index is -0.866. The summed E-state index contributed by atoms with van der Waals surface area (Å²) < 4.78 is 17.0. The smallest absolute Gasteiger partial charge is 0.411 e. The highest BCUT2D eigenvalue weighted by Gasteiger charge is 2.44. The van der Waals surface area contributed by atoms with Gasteiger partial charge < -0.3 is 24.2 Å². The van der Waals surface area contributed by atoms with Crippen LogP contribution in [0, 0.1) is 0 Å². The molecule has 0 aliphatic carbocycles. The average Bonchev–Trinajstić information content (AvgIpc) is 3.11. The molecule has 3 heterocycles. The van der Waals surface area contributed by atoms with Crippen LogP contribution in [0.2, 0.25) is 0 Å². The zero-order valence-electron chi connectivity index (χ0n) is 19.1. The molecule has 0 spiro atoms. The number of amides is 2. The molecule has 3 rings (SSSR count). The number of likely N-dealkylation sites (N-methyl/N-ethyl adjacent to an activating group) is 1. The lowest BCUT2D eigenvalue weighted by molar-refractivity contribution is -0.161. The number of aliphatic hydroxyl groups excluding tert-OH is 1. The van der Waals surface area contributed by atoms with Crippen LogP contribution in [0.3, 0.4) is 0 Å². The highest BCUT2D eigenvalue weighted by molar-refractivity contribution is 7.10. The first kappa shape index (κ1) is 24.0. The molecule has 0 radical (unpaired) electrons. The molecule has 3 atom stereocenters. The lowest BCUT2D eigenvalue weighted by Gasteiger charge is -2.39. The molecule has 1 aromatic heterocycles. The van der Waals surface area contributed by atoms with Gasteiger partial charge in [0, 0.05) is 31.1 Å². The summed E-state index contributed by atoms with van der Waals surface area (Å²) in [5, 5.41) is 12.7. The maximum absolute atomic E-state index is 13.2. The van der Waals surface area contributed by atoms with E-state index in [2.05, 4.69) is 0 Å². The van der Waals surface area contributed by atoms with E-state index in [1.165, 1.54) is 21.1 Å². The van der Waals surface area contributed by atoms with Gasteiger partial charge in [-0.3, -0.25) is 9.69 Å². The van der Waals surface area contributed by atoms with Gasteiger partial charge in [0.2, 0.25) is 5.91 Å². The fourth-order valence-corrected chi connectivity index (χ4v) is 4.97. The van der Waals surface area contributed by atoms with Gasteiger partial charge in [-0.15, -0.1) is 11.3 Å². The van der Waals surface area contributed by atoms with Crippen molar-refractivity contribution in [1.29, 1.82) is 0 Å². The van der Waals surface area contributed by atoms with E-state index in [4.69, 9.17) is 14.2 Å². The van der Waals surface area contributed by atoms with Crippen molar-refractivity contribution in [3.8, 4) is 0 Å². The van der Waals surface area contributed by atoms with E-state index in [0.29, 0.717) is 18.6 Å². The summed E-state index contributed by atoms with van der Waals surface area (Å²) in [5.74, 6) is -0.227. The molecule has 2 amide bonds. The Morgan fingerprint density at radius 1 is 1.32 bits per heavy atom. The fraction of sp³-hybridized carbons (Fsp3) is 0.727. The number of rotatable bonds is 5. The van der Waals surface area contributed by atoms with Crippen LogP contribution in [-0.2, 0) is 25.4 Å². The van der Waals surface area contributed by atoms with E-state index < -0.39 is 23.8 Å². The summed E-state index contributed by atoms with van der Waals surface area (Å²) in [6.45, 7) is 6.51. The quantitative estimate of drug-likeness (QED) is 0.735. The topological polar surface area (TPSA) is 88.5 Å². The van der Waals surface area contributed by atoms with Crippen molar-refractivity contribution in [3.63, 3.8) is 0 Å². The molecule has 0 saturated carbocycles. The van der Waals surface area contributed by atoms with Gasteiger partial charge in [-0.05, 0) is 57.4 Å². The minimum Gasteiger partial charge on any atom is -0.444 e. The maximum atomic E-state index is 13.2. The van der Waals surface area contributed by atoms with Crippen molar-refractivity contribution < 1.29 is 28.9 Å². The molecule has 1 fully saturated rings. The molecule has 1 saturated heterocycles. The van der Waals surface area contributed by atoms with Gasteiger partial charge in [0.1, 0.15) is 17.7 Å². The largest absolute Gasteiger partial charge is 0.444 e. The van der Waals surface area contributed by atoms with Crippen molar-refractivity contribution in [2.75, 3.05) is 33.9 Å². The molecular weight excluding hydrogens is 420 g/mol. The Morgan fingerprint density at radius 2 is 2.06 bits per heavy atom. The van der Waals surface area contributed by atoms with Crippen LogP contribution in [-0.4, -0.2) is 72.7 Å². The van der Waals surface area contributed by atoms with Gasteiger partial charge in [-0.25, -0.2) is 4.79 Å². The Bertz CT molecular complexity index is 781. The normalized spacial score (nSPS) is 23.9. The number of carbonyl (C=O) groups excluding carboxylic acids is 2. The van der Waals surface area contributed by atoms with E-state index in [0.717, 1.165) is 36.3 Å². The number of β-amino-alcohol motifs (C(OH)–C–C–N with tert-alkyl or cyclic N) is 1. The van der Waals surface area contributed by atoms with Crippen LogP contribution in [0.25, 0.3) is 0 Å². The van der Waals surface area contributed by atoms with Gasteiger partial charge in [0.25, 0.3) is 0 Å². The standard InChI is InChI=1S/C22H34N2O6S/c1-22(2,3)30-21(27)24-12-15(25)19-17(18(24)20(26)23(4)5)14(13-31-19)9-11-29-16-8-6-7-10-28-16/h13,15-16,18,25H,6-12H2,1-5H3. The fourth-order valence-electron chi connectivity index (χ4n) is 3.86. The van der Waals surface area contributed by atoms with Crippen molar-refractivity contribution in [1.82, 2.24) is 9.80 Å². The first-order chi connectivity index (χ1) is 14.6. The van der Waals surface area contributed by atoms with Crippen molar-refractivity contribution in [2.24, 2.45) is 0 Å². The minimum absolute atomic E-state index is 0.0124. The van der Waals surface area contributed by atoms with Gasteiger partial charge in [0.15, 0.2) is 6.29 Å². The molecule has 8 nitrogen and oxygen atoms in total. The van der Waals surface area contributed by atoms with Crippen molar-refractivity contribution in [2.45, 2.75) is 70.5 Å². The Hall–Kier alpha value is -1.68. The number of nitrogens with zero attached hydrogens (tertiary/aromatic N) is 2. The van der Waals surface area contributed by atoms with Gasteiger partial charge in [0.05, 0.1) is 13.2 Å². The summed E-state index contributed by atoms with van der Waals surface area (Å²) in [4.78, 5) is 29.7. The highest BCUT2D eigenvalue weighted by Crippen LogP contribution is 2.42. The monoisotopic (exact) mass is 454 g/mol. The number of aliphatic hydroxyl groups is 1. The number of ether oxygens (including phenoxy) is 3. The van der Waals surface area contributed by atoms with Crippen LogP contribution in [0.5, 0.6) is 0 Å². The zero-order chi connectivity index (χ0) is 22.8. The van der Waals surface area contributed by atoms with E-state index in [1.54, 1.807) is 34.9 Å². The van der Waals surface area contributed by atoms with Crippen LogP contribution < -0.4 is 0 Å². The van der Waals surface area contributed by atoms with Gasteiger partial charge in [-0.1, -0.05) is 0 Å². The Balaban J connectivity index is 1.85. The summed E-state index contributed by atoms with van der Waals surface area (Å²) >= 11 is 1.42. The van der Waals surface area contributed by atoms with Crippen LogP contribution in [0.15, 0.2) is 5.38 Å². The molecule has 2 aliphatic heterocycles. The predicted octanol–water partition coefficient (Wildman–Crippen LogP) is 3.25. The molecule has 0 bridgehead atoms. The number of hydrogen-bond acceptors (Lipinski definition) is 7. The number of fused-ring (bicyclic) bond motifs is 1. The Kier molecular flexibility index (Phi) is 7.62. The summed E-state index contributed by atoms with van der Waals surface area (Å²) in [6.07, 6.45) is 1.94. The van der Waals surface area contributed by atoms with E-state index >= 15 is 0 Å². The predicted molar refractivity (Wildman–Crippen MR) is 117 cm³/mol. The Morgan fingerprint density at radius 3 is 2.68 bits per heavy atom. The van der Waals surface area contributed by atoms with Crippen LogP contribution in [0.1, 0.15) is 68.2 Å². The zero-order valence-corrected chi connectivity index (χ0v) is 19.9. The molecule has 0 aromatic carbocycles. The molecular formula is C22H34N2O6S. The molecule has 1 N–H and O–H groups in total. The second kappa shape index (κ2) is 9.85. The highest BCUT2D eigenvalue weighted by atomic mass is 32.1. The Labute approximate surface area is 188 Å². The van der Waals surface area contributed by atoms with Crippen molar-refractivity contribution >= 4 is 23.3 Å². The van der Waals surface area contributed by atoms with Crippen LogP contribution in [0.4, 0.5) is 4.79 Å². The van der Waals surface area contributed by atoms with E-state index in [9.17, 15) is 14.7 Å². The second-order valence-corrected chi connectivity index (χ2v) is 10.2. The van der Waals surface area contributed by atoms with Gasteiger partial charge >= 0.3 is 6.09 Å². The molecule has 1 aromatic rings. The van der Waals surface area contributed by atoms with E-state index in [1.807, 2.05) is 5.38 Å². The first-order valence-corrected chi connectivity index (χ1v) is 11.7. The van der Waals surface area contributed by atoms with Gasteiger partial charge in [-0.2, -0.15) is 0 Å². The van der Waals surface area contributed by atoms with Crippen LogP contribution >= 0.6 is 11.3 Å². The van der Waals surface area contributed by atoms with Crippen molar-refractivity contribution in [3.05, 3.63) is 21.4 Å². The summed E-state index contributed by atoms with van der Waals surface area (Å²) in [7, 11) is 3.33. The molecule has 2 aliphatic rings. The maximum Gasteiger partial charge on any atom is 0.411 e. The number of carbonyl (C=O) groups is 2. The molecule has 174 valence electrons. The third kappa shape index (κ3) is 5.77. The lowest BCUT2D eigenvalue weighted by atomic mass is 9.92.